The Labute approximate surface area is 146 Å². The Morgan fingerprint density at radius 3 is 2.42 bits per heavy atom. The molecule has 0 bridgehead atoms. The molecule has 3 N–H and O–H groups in total. The Balaban J connectivity index is 1.85. The van der Waals surface area contributed by atoms with Gasteiger partial charge in [0.15, 0.2) is 0 Å². The number of hydrogen-bond acceptors (Lipinski definition) is 3. The molecule has 0 aliphatic rings. The monoisotopic (exact) mass is 345 g/mol. The van der Waals surface area contributed by atoms with E-state index in [9.17, 15) is 9.59 Å². The number of benzene rings is 2. The summed E-state index contributed by atoms with van der Waals surface area (Å²) in [6, 6.07) is 12.7. The first-order valence-electron chi connectivity index (χ1n) is 7.62. The maximum Gasteiger partial charge on any atom is 0.226 e. The molecule has 0 aliphatic heterocycles. The van der Waals surface area contributed by atoms with Crippen molar-refractivity contribution in [2.75, 3.05) is 22.5 Å². The minimum Gasteiger partial charge on any atom is -0.384 e. The van der Waals surface area contributed by atoms with E-state index < -0.39 is 0 Å². The van der Waals surface area contributed by atoms with E-state index in [1.807, 2.05) is 25.1 Å². The highest BCUT2D eigenvalue weighted by atomic mass is 35.5. The van der Waals surface area contributed by atoms with Gasteiger partial charge in [-0.25, -0.2) is 0 Å². The van der Waals surface area contributed by atoms with Crippen molar-refractivity contribution in [2.24, 2.45) is 0 Å². The summed E-state index contributed by atoms with van der Waals surface area (Å²) in [6.07, 6.45) is 0.316. The molecule has 0 radical (unpaired) electrons. The Morgan fingerprint density at radius 1 is 1.04 bits per heavy atom. The largest absolute Gasteiger partial charge is 0.384 e. The second-order valence-electron chi connectivity index (χ2n) is 5.40. The Hall–Kier alpha value is -2.53. The maximum absolute atomic E-state index is 12.0. The summed E-state index contributed by atoms with van der Waals surface area (Å²) in [5, 5.41) is 9.39. The predicted octanol–water partition coefficient (Wildman–Crippen LogP) is 4.05. The van der Waals surface area contributed by atoms with E-state index in [1.54, 1.807) is 24.3 Å². The quantitative estimate of drug-likeness (QED) is 0.739. The lowest BCUT2D eigenvalue weighted by atomic mass is 10.2. The van der Waals surface area contributed by atoms with Crippen LogP contribution in [0.5, 0.6) is 0 Å². The van der Waals surface area contributed by atoms with Crippen LogP contribution < -0.4 is 16.0 Å². The van der Waals surface area contributed by atoms with Crippen molar-refractivity contribution in [3.05, 3.63) is 53.1 Å². The van der Waals surface area contributed by atoms with Crippen LogP contribution in [0.25, 0.3) is 0 Å². The SMILES string of the molecule is CC(=O)Nc1cccc(NC(=O)CCNc2cccc(Cl)c2C)c1. The highest BCUT2D eigenvalue weighted by Gasteiger charge is 2.05. The Bertz CT molecular complexity index is 747. The molecule has 0 heterocycles. The molecular formula is C18H20ClN3O2. The molecule has 2 aromatic carbocycles. The van der Waals surface area contributed by atoms with Crippen molar-refractivity contribution < 1.29 is 9.59 Å². The van der Waals surface area contributed by atoms with Gasteiger partial charge in [-0.2, -0.15) is 0 Å². The van der Waals surface area contributed by atoms with Gasteiger partial charge < -0.3 is 16.0 Å². The van der Waals surface area contributed by atoms with Crippen molar-refractivity contribution in [1.29, 1.82) is 0 Å². The number of carbonyl (C=O) groups is 2. The molecule has 0 fully saturated rings. The molecule has 0 spiro atoms. The molecule has 2 amide bonds. The van der Waals surface area contributed by atoms with Gasteiger partial charge in [-0.15, -0.1) is 0 Å². The summed E-state index contributed by atoms with van der Waals surface area (Å²) >= 11 is 6.06. The fraction of sp³-hybridized carbons (Fsp3) is 0.222. The zero-order chi connectivity index (χ0) is 17.5. The summed E-state index contributed by atoms with van der Waals surface area (Å²) in [5.41, 5.74) is 3.17. The average Bonchev–Trinajstić information content (AvgIpc) is 2.51. The number of anilines is 3. The van der Waals surface area contributed by atoms with Crippen LogP contribution in [0.2, 0.25) is 5.02 Å². The highest BCUT2D eigenvalue weighted by Crippen LogP contribution is 2.22. The summed E-state index contributed by atoms with van der Waals surface area (Å²) in [5.74, 6) is -0.262. The van der Waals surface area contributed by atoms with E-state index in [-0.39, 0.29) is 11.8 Å². The molecule has 5 nitrogen and oxygen atoms in total. The first-order valence-corrected chi connectivity index (χ1v) is 8.00. The Kier molecular flexibility index (Phi) is 6.21. The molecule has 126 valence electrons. The number of hydrogen-bond donors (Lipinski definition) is 3. The second-order valence-corrected chi connectivity index (χ2v) is 5.81. The van der Waals surface area contributed by atoms with Gasteiger partial charge in [0.2, 0.25) is 11.8 Å². The van der Waals surface area contributed by atoms with Gasteiger partial charge in [0.25, 0.3) is 0 Å². The normalized spacial score (nSPS) is 10.1. The van der Waals surface area contributed by atoms with Crippen LogP contribution in [0.1, 0.15) is 18.9 Å². The minimum absolute atomic E-state index is 0.109. The predicted molar refractivity (Wildman–Crippen MR) is 98.7 cm³/mol. The van der Waals surface area contributed by atoms with Crippen LogP contribution in [0.4, 0.5) is 17.1 Å². The molecule has 0 saturated carbocycles. The standard InChI is InChI=1S/C18H20ClN3O2/c1-12-16(19)7-4-8-17(12)20-10-9-18(24)22-15-6-3-5-14(11-15)21-13(2)23/h3-8,11,20H,9-10H2,1-2H3,(H,21,23)(H,22,24). The molecular weight excluding hydrogens is 326 g/mol. The van der Waals surface area contributed by atoms with Gasteiger partial charge >= 0.3 is 0 Å². The molecule has 24 heavy (non-hydrogen) atoms. The van der Waals surface area contributed by atoms with Gasteiger partial charge in [-0.3, -0.25) is 9.59 Å². The van der Waals surface area contributed by atoms with E-state index in [0.717, 1.165) is 11.3 Å². The van der Waals surface area contributed by atoms with Gasteiger partial charge in [-0.05, 0) is 42.8 Å². The molecule has 6 heteroatoms. The van der Waals surface area contributed by atoms with Crippen molar-refractivity contribution in [2.45, 2.75) is 20.3 Å². The van der Waals surface area contributed by atoms with Crippen LogP contribution in [-0.4, -0.2) is 18.4 Å². The summed E-state index contributed by atoms with van der Waals surface area (Å²) in [7, 11) is 0. The number of rotatable bonds is 6. The van der Waals surface area contributed by atoms with Crippen LogP contribution in [0.15, 0.2) is 42.5 Å². The van der Waals surface area contributed by atoms with E-state index in [4.69, 9.17) is 11.6 Å². The van der Waals surface area contributed by atoms with Gasteiger partial charge in [-0.1, -0.05) is 23.7 Å². The first kappa shape index (κ1) is 17.8. The number of halogens is 1. The summed E-state index contributed by atoms with van der Waals surface area (Å²) < 4.78 is 0. The van der Waals surface area contributed by atoms with Crippen LogP contribution in [0, 0.1) is 6.92 Å². The van der Waals surface area contributed by atoms with E-state index in [0.29, 0.717) is 29.4 Å². The second kappa shape index (κ2) is 8.36. The van der Waals surface area contributed by atoms with Crippen LogP contribution in [-0.2, 0) is 9.59 Å². The summed E-state index contributed by atoms with van der Waals surface area (Å²) in [6.45, 7) is 3.87. The molecule has 0 aliphatic carbocycles. The highest BCUT2D eigenvalue weighted by molar-refractivity contribution is 6.31. The van der Waals surface area contributed by atoms with Crippen molar-refractivity contribution in [1.82, 2.24) is 0 Å². The topological polar surface area (TPSA) is 70.2 Å². The van der Waals surface area contributed by atoms with Gasteiger partial charge in [0, 0.05) is 42.0 Å². The number of amides is 2. The fourth-order valence-corrected chi connectivity index (χ4v) is 2.39. The lowest BCUT2D eigenvalue weighted by molar-refractivity contribution is -0.116. The van der Waals surface area contributed by atoms with Crippen molar-refractivity contribution in [3.63, 3.8) is 0 Å². The zero-order valence-electron chi connectivity index (χ0n) is 13.7. The molecule has 0 aromatic heterocycles. The average molecular weight is 346 g/mol. The smallest absolute Gasteiger partial charge is 0.226 e. The lowest BCUT2D eigenvalue weighted by Crippen LogP contribution is -2.16. The van der Waals surface area contributed by atoms with E-state index in [2.05, 4.69) is 16.0 Å². The first-order chi connectivity index (χ1) is 11.5. The maximum atomic E-state index is 12.0. The van der Waals surface area contributed by atoms with Crippen molar-refractivity contribution in [3.8, 4) is 0 Å². The molecule has 2 aromatic rings. The van der Waals surface area contributed by atoms with Gasteiger partial charge in [0.1, 0.15) is 0 Å². The minimum atomic E-state index is -0.153. The zero-order valence-corrected chi connectivity index (χ0v) is 14.4. The third kappa shape index (κ3) is 5.28. The molecule has 2 rings (SSSR count). The van der Waals surface area contributed by atoms with Crippen molar-refractivity contribution >= 4 is 40.5 Å². The van der Waals surface area contributed by atoms with Crippen LogP contribution >= 0.6 is 11.6 Å². The number of nitrogens with one attached hydrogen (secondary N) is 3. The van der Waals surface area contributed by atoms with Gasteiger partial charge in [0.05, 0.1) is 0 Å². The molecule has 0 unspecified atom stereocenters. The third-order valence-corrected chi connectivity index (χ3v) is 3.81. The number of carbonyl (C=O) groups excluding carboxylic acids is 2. The van der Waals surface area contributed by atoms with Crippen LogP contribution in [0.3, 0.4) is 0 Å². The third-order valence-electron chi connectivity index (χ3n) is 3.40. The summed E-state index contributed by atoms with van der Waals surface area (Å²) in [4.78, 5) is 23.1. The fourth-order valence-electron chi connectivity index (χ4n) is 2.21. The van der Waals surface area contributed by atoms with E-state index >= 15 is 0 Å². The van der Waals surface area contributed by atoms with E-state index in [1.165, 1.54) is 6.92 Å². The molecule has 0 atom stereocenters. The Morgan fingerprint density at radius 2 is 1.71 bits per heavy atom. The lowest BCUT2D eigenvalue weighted by Gasteiger charge is -2.11. The molecule has 0 saturated heterocycles.